The number of rotatable bonds is 18. The third-order valence-electron chi connectivity index (χ3n) is 7.36. The van der Waals surface area contributed by atoms with E-state index in [0.717, 1.165) is 36.0 Å². The highest BCUT2D eigenvalue weighted by Gasteiger charge is 2.26. The van der Waals surface area contributed by atoms with Crippen LogP contribution in [0.2, 0.25) is 0 Å². The number of hydrogen-bond acceptors (Lipinski definition) is 5. The van der Waals surface area contributed by atoms with E-state index in [1.54, 1.807) is 6.08 Å². The number of carbonyl (C=O) groups is 2. The minimum atomic E-state index is -0.743. The fourth-order valence-corrected chi connectivity index (χ4v) is 4.86. The van der Waals surface area contributed by atoms with Crippen LogP contribution in [0.1, 0.15) is 168 Å². The van der Waals surface area contributed by atoms with Crippen LogP contribution in [-0.2, 0) is 30.2 Å². The van der Waals surface area contributed by atoms with Crippen molar-refractivity contribution in [1.29, 1.82) is 0 Å². The fourth-order valence-electron chi connectivity index (χ4n) is 4.86. The Balaban J connectivity index is 2.24. The summed E-state index contributed by atoms with van der Waals surface area (Å²) in [7, 11) is 0. The predicted molar refractivity (Wildman–Crippen MR) is 166 cm³/mol. The second kappa shape index (κ2) is 18.9. The third-order valence-corrected chi connectivity index (χ3v) is 7.36. The Hall–Kier alpha value is -2.30. The van der Waals surface area contributed by atoms with Gasteiger partial charge in [0.25, 0.3) is 0 Å². The van der Waals surface area contributed by atoms with Gasteiger partial charge in [0.15, 0.2) is 0 Å². The van der Waals surface area contributed by atoms with Gasteiger partial charge in [-0.3, -0.25) is 0 Å². The van der Waals surface area contributed by atoms with Gasteiger partial charge in [0, 0.05) is 17.2 Å². The van der Waals surface area contributed by atoms with E-state index < -0.39 is 11.9 Å². The molecule has 0 aromatic heterocycles. The lowest BCUT2D eigenvalue weighted by atomic mass is 9.78. The predicted octanol–water partition coefficient (Wildman–Crippen LogP) is 10.3. The van der Waals surface area contributed by atoms with Gasteiger partial charge in [0.1, 0.15) is 5.75 Å². The molecule has 1 aromatic rings. The molecule has 0 radical (unpaired) electrons. The molecule has 0 heterocycles. The summed E-state index contributed by atoms with van der Waals surface area (Å²) in [6.45, 7) is 14.5. The van der Waals surface area contributed by atoms with Crippen molar-refractivity contribution in [2.45, 2.75) is 162 Å². The first kappa shape index (κ1) is 35.7. The van der Waals surface area contributed by atoms with Gasteiger partial charge >= 0.3 is 11.9 Å². The largest absolute Gasteiger partial charge is 0.507 e. The van der Waals surface area contributed by atoms with Crippen molar-refractivity contribution >= 4 is 18.0 Å². The highest BCUT2D eigenvalue weighted by atomic mass is 17.2. The Labute approximate surface area is 245 Å². The molecular weight excluding hydrogens is 500 g/mol. The van der Waals surface area contributed by atoms with Crippen LogP contribution in [0.4, 0.5) is 0 Å². The lowest BCUT2D eigenvalue weighted by Crippen LogP contribution is -2.17. The van der Waals surface area contributed by atoms with Crippen molar-refractivity contribution in [2.75, 3.05) is 0 Å². The lowest BCUT2D eigenvalue weighted by Gasteiger charge is -2.27. The van der Waals surface area contributed by atoms with E-state index in [2.05, 4.69) is 6.92 Å². The normalized spacial score (nSPS) is 12.2. The smallest absolute Gasteiger partial charge is 0.379 e. The SMILES string of the molecule is CCCCCCCCCCCCCCCCCC(=O)OOC(=O)/C=C/c1cc(C(C)(C)C)c(O)c(C(C)(C)C)c1. The maximum absolute atomic E-state index is 12.1. The first-order chi connectivity index (χ1) is 18.9. The van der Waals surface area contributed by atoms with Crippen LogP contribution in [0.3, 0.4) is 0 Å². The molecule has 1 rings (SSSR count). The number of aromatic hydroxyl groups is 1. The van der Waals surface area contributed by atoms with E-state index >= 15 is 0 Å². The zero-order valence-electron chi connectivity index (χ0n) is 26.7. The quantitative estimate of drug-likeness (QED) is 0.0839. The summed E-state index contributed by atoms with van der Waals surface area (Å²) in [5, 5.41) is 10.8. The number of hydrogen-bond donors (Lipinski definition) is 1. The Morgan fingerprint density at radius 3 is 1.48 bits per heavy atom. The first-order valence-corrected chi connectivity index (χ1v) is 15.8. The van der Waals surface area contributed by atoms with Gasteiger partial charge in [-0.25, -0.2) is 19.4 Å². The molecular formula is C35H58O5. The van der Waals surface area contributed by atoms with E-state index in [0.29, 0.717) is 0 Å². The second-order valence-corrected chi connectivity index (χ2v) is 13.4. The van der Waals surface area contributed by atoms with Gasteiger partial charge in [0.2, 0.25) is 0 Å². The first-order valence-electron chi connectivity index (χ1n) is 15.8. The summed E-state index contributed by atoms with van der Waals surface area (Å²) in [6, 6.07) is 3.74. The summed E-state index contributed by atoms with van der Waals surface area (Å²) in [6.07, 6.45) is 22.1. The molecule has 0 fully saturated rings. The average Bonchev–Trinajstić information content (AvgIpc) is 2.87. The minimum Gasteiger partial charge on any atom is -0.507 e. The van der Waals surface area contributed by atoms with Crippen LogP contribution in [0.15, 0.2) is 18.2 Å². The van der Waals surface area contributed by atoms with Crippen LogP contribution >= 0.6 is 0 Å². The molecule has 5 nitrogen and oxygen atoms in total. The average molecular weight is 559 g/mol. The Bertz CT molecular complexity index is 866. The van der Waals surface area contributed by atoms with E-state index in [1.807, 2.05) is 53.7 Å². The second-order valence-electron chi connectivity index (χ2n) is 13.4. The molecule has 5 heteroatoms. The van der Waals surface area contributed by atoms with Gasteiger partial charge in [-0.1, -0.05) is 138 Å². The Kier molecular flexibility index (Phi) is 16.9. The molecule has 0 aliphatic rings. The van der Waals surface area contributed by atoms with E-state index in [-0.39, 0.29) is 23.0 Å². The van der Waals surface area contributed by atoms with E-state index in [9.17, 15) is 14.7 Å². The molecule has 0 amide bonds. The topological polar surface area (TPSA) is 72.8 Å². The summed E-state index contributed by atoms with van der Waals surface area (Å²) < 4.78 is 0. The third kappa shape index (κ3) is 15.5. The molecule has 40 heavy (non-hydrogen) atoms. The summed E-state index contributed by atoms with van der Waals surface area (Å²) in [5.74, 6) is -0.980. The van der Waals surface area contributed by atoms with Crippen molar-refractivity contribution in [3.8, 4) is 5.75 Å². The van der Waals surface area contributed by atoms with Gasteiger partial charge in [-0.2, -0.15) is 0 Å². The summed E-state index contributed by atoms with van der Waals surface area (Å²) in [4.78, 5) is 33.5. The Morgan fingerprint density at radius 2 is 1.07 bits per heavy atom. The van der Waals surface area contributed by atoms with Gasteiger partial charge in [-0.15, -0.1) is 0 Å². The van der Waals surface area contributed by atoms with Crippen molar-refractivity contribution in [3.63, 3.8) is 0 Å². The monoisotopic (exact) mass is 558 g/mol. The molecule has 228 valence electrons. The van der Waals surface area contributed by atoms with E-state index in [1.165, 1.54) is 83.1 Å². The van der Waals surface area contributed by atoms with E-state index in [4.69, 9.17) is 9.78 Å². The minimum absolute atomic E-state index is 0.247. The van der Waals surface area contributed by atoms with Gasteiger partial charge in [0.05, 0.1) is 6.42 Å². The number of phenolic OH excluding ortho intramolecular Hbond substituents is 1. The number of carbonyl (C=O) groups excluding carboxylic acids is 2. The molecule has 0 atom stereocenters. The molecule has 0 bridgehead atoms. The molecule has 0 saturated heterocycles. The van der Waals surface area contributed by atoms with Gasteiger partial charge < -0.3 is 5.11 Å². The number of phenols is 1. The zero-order valence-corrected chi connectivity index (χ0v) is 26.7. The summed E-state index contributed by atoms with van der Waals surface area (Å²) >= 11 is 0. The van der Waals surface area contributed by atoms with Crippen LogP contribution in [0.5, 0.6) is 5.75 Å². The number of unbranched alkanes of at least 4 members (excludes halogenated alkanes) is 14. The highest BCUT2D eigenvalue weighted by Crippen LogP contribution is 2.40. The van der Waals surface area contributed by atoms with Crippen LogP contribution in [-0.4, -0.2) is 17.0 Å². The van der Waals surface area contributed by atoms with Crippen LogP contribution < -0.4 is 0 Å². The molecule has 1 N–H and O–H groups in total. The molecule has 0 spiro atoms. The molecule has 1 aromatic carbocycles. The number of benzene rings is 1. The van der Waals surface area contributed by atoms with Crippen molar-refractivity contribution < 1.29 is 24.5 Å². The Morgan fingerprint density at radius 1 is 0.675 bits per heavy atom. The van der Waals surface area contributed by atoms with Crippen molar-refractivity contribution in [2.24, 2.45) is 0 Å². The van der Waals surface area contributed by atoms with Crippen LogP contribution in [0.25, 0.3) is 6.08 Å². The zero-order chi connectivity index (χ0) is 30.0. The fraction of sp³-hybridized carbons (Fsp3) is 0.714. The summed E-state index contributed by atoms with van der Waals surface area (Å²) in [5.41, 5.74) is 1.85. The molecule has 0 aliphatic carbocycles. The van der Waals surface area contributed by atoms with Crippen molar-refractivity contribution in [1.82, 2.24) is 0 Å². The molecule has 0 saturated carbocycles. The van der Waals surface area contributed by atoms with Gasteiger partial charge in [-0.05, 0) is 41.0 Å². The molecule has 0 aliphatic heterocycles. The highest BCUT2D eigenvalue weighted by molar-refractivity contribution is 5.87. The maximum Gasteiger partial charge on any atom is 0.379 e. The standard InChI is InChI=1S/C35H58O5/c1-8-9-10-11-12-13-14-15-16-17-18-19-20-21-22-23-31(36)39-40-32(37)25-24-28-26-29(34(2,3)4)33(38)30(27-28)35(5,6)7/h24-27,38H,8-23H2,1-7H3/b25-24+. The molecule has 0 unspecified atom stereocenters. The maximum atomic E-state index is 12.1. The van der Waals surface area contributed by atoms with Crippen LogP contribution in [0, 0.1) is 0 Å². The van der Waals surface area contributed by atoms with Crippen molar-refractivity contribution in [3.05, 3.63) is 34.9 Å². The lowest BCUT2D eigenvalue weighted by molar-refractivity contribution is -0.254.